The second kappa shape index (κ2) is 5.13. The van der Waals surface area contributed by atoms with E-state index in [0.717, 1.165) is 37.4 Å². The summed E-state index contributed by atoms with van der Waals surface area (Å²) in [7, 11) is 0. The predicted molar refractivity (Wildman–Crippen MR) is 72.9 cm³/mol. The average molecular weight is 257 g/mol. The number of hydrogen-bond donors (Lipinski definition) is 1. The fourth-order valence-corrected chi connectivity index (χ4v) is 2.63. The van der Waals surface area contributed by atoms with Gasteiger partial charge < -0.3 is 10.3 Å². The highest BCUT2D eigenvalue weighted by molar-refractivity contribution is 5.23. The van der Waals surface area contributed by atoms with Crippen LogP contribution in [-0.2, 0) is 6.42 Å². The number of nitrogens with zero attached hydrogens (tertiary/aromatic N) is 2. The zero-order valence-electron chi connectivity index (χ0n) is 11.2. The summed E-state index contributed by atoms with van der Waals surface area (Å²) in [5.41, 5.74) is 8.39. The summed E-state index contributed by atoms with van der Waals surface area (Å²) in [5, 5.41) is 4.08. The molecule has 0 unspecified atom stereocenters. The van der Waals surface area contributed by atoms with E-state index in [1.165, 1.54) is 11.1 Å². The molecule has 0 bridgehead atoms. The minimum absolute atomic E-state index is 0.289. The van der Waals surface area contributed by atoms with Crippen LogP contribution in [0.4, 0.5) is 0 Å². The zero-order chi connectivity index (χ0) is 13.2. The topological polar surface area (TPSA) is 64.9 Å². The number of rotatable bonds is 3. The lowest BCUT2D eigenvalue weighted by molar-refractivity contribution is 0.350. The summed E-state index contributed by atoms with van der Waals surface area (Å²) >= 11 is 0. The van der Waals surface area contributed by atoms with E-state index >= 15 is 0 Å². The number of aromatic nitrogens is 2. The van der Waals surface area contributed by atoms with Gasteiger partial charge in [0, 0.05) is 18.4 Å². The molecule has 0 amide bonds. The number of aryl methyl sites for hydroxylation is 1. The van der Waals surface area contributed by atoms with Crippen molar-refractivity contribution >= 4 is 0 Å². The maximum absolute atomic E-state index is 5.92. The Morgan fingerprint density at radius 3 is 2.74 bits per heavy atom. The molecule has 1 aromatic carbocycles. The van der Waals surface area contributed by atoms with E-state index < -0.39 is 0 Å². The van der Waals surface area contributed by atoms with Gasteiger partial charge in [-0.3, -0.25) is 0 Å². The van der Waals surface area contributed by atoms with Crippen LogP contribution >= 0.6 is 0 Å². The first-order chi connectivity index (χ1) is 9.20. The third-order valence-electron chi connectivity index (χ3n) is 3.79. The van der Waals surface area contributed by atoms with Crippen LogP contribution in [0.25, 0.3) is 0 Å². The third-order valence-corrected chi connectivity index (χ3v) is 3.79. The molecule has 1 aromatic heterocycles. The Labute approximate surface area is 113 Å². The van der Waals surface area contributed by atoms with Crippen molar-refractivity contribution < 1.29 is 4.52 Å². The fraction of sp³-hybridized carbons (Fsp3) is 0.467. The second-order valence-electron chi connectivity index (χ2n) is 5.48. The highest BCUT2D eigenvalue weighted by Crippen LogP contribution is 2.32. The maximum atomic E-state index is 5.92. The van der Waals surface area contributed by atoms with Gasteiger partial charge in [0.05, 0.1) is 0 Å². The van der Waals surface area contributed by atoms with Crippen molar-refractivity contribution in [2.24, 2.45) is 5.73 Å². The van der Waals surface area contributed by atoms with Crippen LogP contribution in [0.5, 0.6) is 0 Å². The third kappa shape index (κ3) is 2.84. The zero-order valence-corrected chi connectivity index (χ0v) is 11.2. The van der Waals surface area contributed by atoms with Crippen molar-refractivity contribution in [3.8, 4) is 0 Å². The molecular formula is C15H19N3O. The van der Waals surface area contributed by atoms with E-state index in [9.17, 15) is 0 Å². The summed E-state index contributed by atoms with van der Waals surface area (Å²) < 4.78 is 5.38. The highest BCUT2D eigenvalue weighted by atomic mass is 16.5. The molecule has 0 saturated heterocycles. The first-order valence-corrected chi connectivity index (χ1v) is 6.84. The van der Waals surface area contributed by atoms with Gasteiger partial charge in [-0.25, -0.2) is 0 Å². The maximum Gasteiger partial charge on any atom is 0.229 e. The Hall–Kier alpha value is -1.68. The number of hydrogen-bond acceptors (Lipinski definition) is 4. The minimum Gasteiger partial charge on any atom is -0.339 e. The van der Waals surface area contributed by atoms with Crippen molar-refractivity contribution in [1.82, 2.24) is 10.1 Å². The molecule has 1 fully saturated rings. The Kier molecular flexibility index (Phi) is 3.34. The van der Waals surface area contributed by atoms with Crippen LogP contribution in [0.2, 0.25) is 0 Å². The Balaban J connectivity index is 1.69. The van der Waals surface area contributed by atoms with Crippen LogP contribution < -0.4 is 5.73 Å². The summed E-state index contributed by atoms with van der Waals surface area (Å²) in [4.78, 5) is 4.51. The van der Waals surface area contributed by atoms with Gasteiger partial charge >= 0.3 is 0 Å². The second-order valence-corrected chi connectivity index (χ2v) is 5.48. The molecule has 0 radical (unpaired) electrons. The van der Waals surface area contributed by atoms with Crippen molar-refractivity contribution in [1.29, 1.82) is 0 Å². The highest BCUT2D eigenvalue weighted by Gasteiger charge is 2.27. The quantitative estimate of drug-likeness (QED) is 0.917. The van der Waals surface area contributed by atoms with Gasteiger partial charge in [0.2, 0.25) is 5.89 Å². The normalized spacial score (nSPS) is 22.8. The molecule has 19 heavy (non-hydrogen) atoms. The summed E-state index contributed by atoms with van der Waals surface area (Å²) in [6.45, 7) is 2.08. The van der Waals surface area contributed by atoms with E-state index in [2.05, 4.69) is 41.3 Å². The molecule has 1 heterocycles. The lowest BCUT2D eigenvalue weighted by Crippen LogP contribution is -2.14. The van der Waals surface area contributed by atoms with Crippen LogP contribution in [0.15, 0.2) is 28.8 Å². The molecule has 2 aromatic rings. The SMILES string of the molecule is Cc1ccc(Cc2noc([C@H]3CC[C@H](N)C3)n2)cc1. The molecule has 0 spiro atoms. The van der Waals surface area contributed by atoms with Gasteiger partial charge in [0.25, 0.3) is 0 Å². The molecule has 1 aliphatic carbocycles. The fourth-order valence-electron chi connectivity index (χ4n) is 2.63. The largest absolute Gasteiger partial charge is 0.339 e. The molecule has 4 heteroatoms. The summed E-state index contributed by atoms with van der Waals surface area (Å²) in [6.07, 6.45) is 3.81. The van der Waals surface area contributed by atoms with Crippen LogP contribution in [0, 0.1) is 6.92 Å². The van der Waals surface area contributed by atoms with Gasteiger partial charge in [0.1, 0.15) is 0 Å². The summed E-state index contributed by atoms with van der Waals surface area (Å²) in [5.74, 6) is 1.88. The van der Waals surface area contributed by atoms with Gasteiger partial charge in [-0.05, 0) is 31.7 Å². The Bertz CT molecular complexity index is 547. The molecule has 0 aliphatic heterocycles. The molecule has 2 atom stereocenters. The molecule has 1 aliphatic rings. The number of nitrogens with two attached hydrogens (primary N) is 1. The van der Waals surface area contributed by atoms with E-state index in [1.54, 1.807) is 0 Å². The first kappa shape index (κ1) is 12.4. The first-order valence-electron chi connectivity index (χ1n) is 6.84. The summed E-state index contributed by atoms with van der Waals surface area (Å²) in [6, 6.07) is 8.71. The van der Waals surface area contributed by atoms with Crippen LogP contribution in [0.1, 0.15) is 48.0 Å². The van der Waals surface area contributed by atoms with Gasteiger partial charge in [-0.2, -0.15) is 4.98 Å². The van der Waals surface area contributed by atoms with Gasteiger partial charge in [0.15, 0.2) is 5.82 Å². The molecule has 1 saturated carbocycles. The van der Waals surface area contributed by atoms with Crippen LogP contribution in [-0.4, -0.2) is 16.2 Å². The van der Waals surface area contributed by atoms with E-state index in [4.69, 9.17) is 10.3 Å². The molecule has 2 N–H and O–H groups in total. The van der Waals surface area contributed by atoms with Crippen molar-refractivity contribution in [3.63, 3.8) is 0 Å². The lowest BCUT2D eigenvalue weighted by atomic mass is 10.1. The van der Waals surface area contributed by atoms with Crippen molar-refractivity contribution in [2.45, 2.75) is 44.6 Å². The smallest absolute Gasteiger partial charge is 0.229 e. The van der Waals surface area contributed by atoms with E-state index in [1.807, 2.05) is 0 Å². The molecule has 3 rings (SSSR count). The van der Waals surface area contributed by atoms with Gasteiger partial charge in [-0.15, -0.1) is 0 Å². The predicted octanol–water partition coefficient (Wildman–Crippen LogP) is 2.56. The van der Waals surface area contributed by atoms with E-state index in [0.29, 0.717) is 5.92 Å². The monoisotopic (exact) mass is 257 g/mol. The van der Waals surface area contributed by atoms with E-state index in [-0.39, 0.29) is 6.04 Å². The van der Waals surface area contributed by atoms with Crippen molar-refractivity contribution in [2.75, 3.05) is 0 Å². The standard InChI is InChI=1S/C15H19N3O/c1-10-2-4-11(5-3-10)8-14-17-15(19-18-14)12-6-7-13(16)9-12/h2-5,12-13H,6-9,16H2,1H3/t12-,13-/m0/s1. The average Bonchev–Trinajstić information content (AvgIpc) is 3.01. The Morgan fingerprint density at radius 2 is 2.05 bits per heavy atom. The number of benzene rings is 1. The molecule has 4 nitrogen and oxygen atoms in total. The van der Waals surface area contributed by atoms with Crippen LogP contribution in [0.3, 0.4) is 0 Å². The lowest BCUT2D eigenvalue weighted by Gasteiger charge is -2.01. The van der Waals surface area contributed by atoms with Crippen molar-refractivity contribution in [3.05, 3.63) is 47.1 Å². The van der Waals surface area contributed by atoms with Gasteiger partial charge in [-0.1, -0.05) is 35.0 Å². The minimum atomic E-state index is 0.289. The molecule has 100 valence electrons. The molecular weight excluding hydrogens is 238 g/mol. The Morgan fingerprint density at radius 1 is 1.26 bits per heavy atom.